The Morgan fingerprint density at radius 2 is 2.04 bits per heavy atom. The lowest BCUT2D eigenvalue weighted by atomic mass is 10.0. The summed E-state index contributed by atoms with van der Waals surface area (Å²) in [4.78, 5) is 51.1. The van der Waals surface area contributed by atoms with Gasteiger partial charge in [-0.3, -0.25) is 14.4 Å². The quantitative estimate of drug-likeness (QED) is 0.759. The molecule has 0 aliphatic carbocycles. The van der Waals surface area contributed by atoms with Gasteiger partial charge in [-0.2, -0.15) is 0 Å². The van der Waals surface area contributed by atoms with Crippen molar-refractivity contribution in [3.05, 3.63) is 23.3 Å². The molecule has 3 aliphatic rings. The van der Waals surface area contributed by atoms with Gasteiger partial charge in [-0.15, -0.1) is 0 Å². The minimum atomic E-state index is -0.215. The van der Waals surface area contributed by atoms with E-state index in [1.807, 2.05) is 22.9 Å². The van der Waals surface area contributed by atoms with Crippen molar-refractivity contribution in [1.29, 1.82) is 0 Å². The van der Waals surface area contributed by atoms with Crippen LogP contribution in [0.25, 0.3) is 0 Å². The number of hydrogen-bond donors (Lipinski definition) is 0. The second-order valence-corrected chi connectivity index (χ2v) is 7.99. The number of amides is 3. The Hall–Kier alpha value is -2.51. The molecule has 1 aromatic heterocycles. The molecule has 150 valence electrons. The van der Waals surface area contributed by atoms with Crippen LogP contribution in [-0.4, -0.2) is 75.1 Å². The standard InChI is InChI=1S/C20H27N5O3/c1-3-23-11-15(8-18(23)27)20(28)25-6-4-14(10-25)19-21-9-16-12-24(13(2)26)7-5-17(16)22-19/h9,14-15H,3-8,10-12H2,1-2H3/t14-,15-/m0/s1. The van der Waals surface area contributed by atoms with Crippen LogP contribution in [0.3, 0.4) is 0 Å². The molecule has 8 nitrogen and oxygen atoms in total. The first-order valence-corrected chi connectivity index (χ1v) is 10.1. The number of hydrogen-bond acceptors (Lipinski definition) is 5. The van der Waals surface area contributed by atoms with Crippen LogP contribution in [0.1, 0.15) is 49.7 Å². The molecule has 0 unspecified atom stereocenters. The van der Waals surface area contributed by atoms with Gasteiger partial charge in [0.15, 0.2) is 0 Å². The highest BCUT2D eigenvalue weighted by Crippen LogP contribution is 2.29. The van der Waals surface area contributed by atoms with Crippen LogP contribution in [0.4, 0.5) is 0 Å². The van der Waals surface area contributed by atoms with Crippen LogP contribution in [0.5, 0.6) is 0 Å². The van der Waals surface area contributed by atoms with E-state index in [-0.39, 0.29) is 29.6 Å². The van der Waals surface area contributed by atoms with Crippen molar-refractivity contribution < 1.29 is 14.4 Å². The number of nitrogens with zero attached hydrogens (tertiary/aromatic N) is 5. The minimum Gasteiger partial charge on any atom is -0.342 e. The first-order valence-electron chi connectivity index (χ1n) is 10.1. The molecule has 0 saturated carbocycles. The smallest absolute Gasteiger partial charge is 0.228 e. The van der Waals surface area contributed by atoms with Crippen molar-refractivity contribution >= 4 is 17.7 Å². The van der Waals surface area contributed by atoms with E-state index >= 15 is 0 Å². The van der Waals surface area contributed by atoms with Crippen LogP contribution in [0, 0.1) is 5.92 Å². The lowest BCUT2D eigenvalue weighted by Crippen LogP contribution is -2.36. The molecule has 0 radical (unpaired) electrons. The van der Waals surface area contributed by atoms with Crippen LogP contribution in [0.15, 0.2) is 6.20 Å². The van der Waals surface area contributed by atoms with Crippen molar-refractivity contribution in [3.63, 3.8) is 0 Å². The number of carbonyl (C=O) groups is 3. The van der Waals surface area contributed by atoms with E-state index < -0.39 is 0 Å². The SMILES string of the molecule is CCN1C[C@@H](C(=O)N2CC[C@H](c3ncc4c(n3)CCN(C(C)=O)C4)C2)CC1=O. The van der Waals surface area contributed by atoms with Gasteiger partial charge in [-0.1, -0.05) is 0 Å². The van der Waals surface area contributed by atoms with E-state index in [0.717, 1.165) is 29.9 Å². The molecule has 4 rings (SSSR count). The highest BCUT2D eigenvalue weighted by Gasteiger charge is 2.38. The molecule has 8 heteroatoms. The maximum atomic E-state index is 12.8. The Bertz CT molecular complexity index is 811. The lowest BCUT2D eigenvalue weighted by molar-refractivity contribution is -0.134. The Morgan fingerprint density at radius 3 is 2.75 bits per heavy atom. The normalized spacial score (nSPS) is 24.6. The lowest BCUT2D eigenvalue weighted by Gasteiger charge is -2.27. The highest BCUT2D eigenvalue weighted by atomic mass is 16.2. The van der Waals surface area contributed by atoms with Gasteiger partial charge in [0.2, 0.25) is 17.7 Å². The number of fused-ring (bicyclic) bond motifs is 1. The summed E-state index contributed by atoms with van der Waals surface area (Å²) >= 11 is 0. The summed E-state index contributed by atoms with van der Waals surface area (Å²) in [5.74, 6) is 0.957. The zero-order chi connectivity index (χ0) is 19.8. The molecule has 0 bridgehead atoms. The van der Waals surface area contributed by atoms with Gasteiger partial charge in [0, 0.05) is 76.7 Å². The summed E-state index contributed by atoms with van der Waals surface area (Å²) in [7, 11) is 0. The Labute approximate surface area is 164 Å². The molecule has 4 heterocycles. The second kappa shape index (κ2) is 7.48. The third-order valence-corrected chi connectivity index (χ3v) is 6.21. The Balaban J connectivity index is 1.40. The van der Waals surface area contributed by atoms with Crippen molar-refractivity contribution in [1.82, 2.24) is 24.7 Å². The zero-order valence-corrected chi connectivity index (χ0v) is 16.6. The molecule has 0 spiro atoms. The van der Waals surface area contributed by atoms with Gasteiger partial charge in [0.1, 0.15) is 5.82 Å². The summed E-state index contributed by atoms with van der Waals surface area (Å²) in [6.07, 6.45) is 3.76. The van der Waals surface area contributed by atoms with Crippen molar-refractivity contribution in [3.8, 4) is 0 Å². The molecular weight excluding hydrogens is 358 g/mol. The summed E-state index contributed by atoms with van der Waals surface area (Å²) < 4.78 is 0. The molecule has 1 aromatic rings. The zero-order valence-electron chi connectivity index (χ0n) is 16.6. The molecule has 2 saturated heterocycles. The minimum absolute atomic E-state index is 0.0757. The van der Waals surface area contributed by atoms with Gasteiger partial charge in [-0.05, 0) is 13.3 Å². The first-order chi connectivity index (χ1) is 13.5. The summed E-state index contributed by atoms with van der Waals surface area (Å²) in [5, 5.41) is 0. The van der Waals surface area contributed by atoms with Crippen molar-refractivity contribution in [2.45, 2.75) is 45.6 Å². The molecule has 2 atom stereocenters. The monoisotopic (exact) mass is 385 g/mol. The summed E-state index contributed by atoms with van der Waals surface area (Å²) in [6, 6.07) is 0. The van der Waals surface area contributed by atoms with E-state index in [1.54, 1.807) is 11.8 Å². The molecule has 28 heavy (non-hydrogen) atoms. The van der Waals surface area contributed by atoms with Crippen LogP contribution in [0.2, 0.25) is 0 Å². The third-order valence-electron chi connectivity index (χ3n) is 6.21. The van der Waals surface area contributed by atoms with E-state index in [0.29, 0.717) is 45.7 Å². The number of aromatic nitrogens is 2. The third kappa shape index (κ3) is 3.47. The van der Waals surface area contributed by atoms with Gasteiger partial charge in [0.25, 0.3) is 0 Å². The maximum absolute atomic E-state index is 12.8. The van der Waals surface area contributed by atoms with E-state index in [9.17, 15) is 14.4 Å². The number of likely N-dealkylation sites (tertiary alicyclic amines) is 2. The van der Waals surface area contributed by atoms with Crippen LogP contribution < -0.4 is 0 Å². The molecule has 3 aliphatic heterocycles. The Morgan fingerprint density at radius 1 is 1.21 bits per heavy atom. The second-order valence-electron chi connectivity index (χ2n) is 7.99. The average molecular weight is 385 g/mol. The van der Waals surface area contributed by atoms with Crippen molar-refractivity contribution in [2.24, 2.45) is 5.92 Å². The fourth-order valence-corrected chi connectivity index (χ4v) is 4.47. The molecule has 0 N–H and O–H groups in total. The number of rotatable bonds is 3. The predicted molar refractivity (Wildman–Crippen MR) is 101 cm³/mol. The van der Waals surface area contributed by atoms with Gasteiger partial charge in [-0.25, -0.2) is 9.97 Å². The fourth-order valence-electron chi connectivity index (χ4n) is 4.47. The highest BCUT2D eigenvalue weighted by molar-refractivity contribution is 5.89. The molecular formula is C20H27N5O3. The average Bonchev–Trinajstić information content (AvgIpc) is 3.33. The van der Waals surface area contributed by atoms with E-state index in [2.05, 4.69) is 4.98 Å². The molecule has 0 aromatic carbocycles. The molecule has 3 amide bonds. The fraction of sp³-hybridized carbons (Fsp3) is 0.650. The largest absolute Gasteiger partial charge is 0.342 e. The van der Waals surface area contributed by atoms with Crippen LogP contribution >= 0.6 is 0 Å². The van der Waals surface area contributed by atoms with Gasteiger partial charge in [0.05, 0.1) is 11.6 Å². The maximum Gasteiger partial charge on any atom is 0.228 e. The van der Waals surface area contributed by atoms with E-state index in [1.165, 1.54) is 0 Å². The number of carbonyl (C=O) groups excluding carboxylic acids is 3. The Kier molecular flexibility index (Phi) is 5.03. The van der Waals surface area contributed by atoms with E-state index in [4.69, 9.17) is 4.98 Å². The topological polar surface area (TPSA) is 86.7 Å². The first kappa shape index (κ1) is 18.8. The predicted octanol–water partition coefficient (Wildman–Crippen LogP) is 0.565. The van der Waals surface area contributed by atoms with Gasteiger partial charge >= 0.3 is 0 Å². The summed E-state index contributed by atoms with van der Waals surface area (Å²) in [5.41, 5.74) is 2.03. The van der Waals surface area contributed by atoms with Crippen LogP contribution in [-0.2, 0) is 27.3 Å². The molecule has 2 fully saturated rings. The summed E-state index contributed by atoms with van der Waals surface area (Å²) in [6.45, 7) is 7.31. The van der Waals surface area contributed by atoms with Gasteiger partial charge < -0.3 is 14.7 Å². The van der Waals surface area contributed by atoms with Crippen molar-refractivity contribution in [2.75, 3.05) is 32.7 Å².